The van der Waals surface area contributed by atoms with E-state index in [1.54, 1.807) is 18.4 Å². The minimum atomic E-state index is -0.490. The third-order valence-electron chi connectivity index (χ3n) is 1.53. The highest BCUT2D eigenvalue weighted by Crippen LogP contribution is 2.10. The van der Waals surface area contributed by atoms with Gasteiger partial charge in [0.2, 0.25) is 0 Å². The lowest BCUT2D eigenvalue weighted by atomic mass is 10.0. The second-order valence-electron chi connectivity index (χ2n) is 2.26. The standard InChI is InChI=1S/C9H9O2.BrH/c10-6-9(7-11)8-4-2-1-3-5-8;/h1-5,9-10H,6H2;1H/q+1;/p-1. The van der Waals surface area contributed by atoms with Gasteiger partial charge in [0.1, 0.15) is 6.61 Å². The summed E-state index contributed by atoms with van der Waals surface area (Å²) in [5.41, 5.74) is 0.810. The fourth-order valence-electron chi connectivity index (χ4n) is 0.896. The second-order valence-corrected chi connectivity index (χ2v) is 2.26. The molecule has 0 aliphatic heterocycles. The lowest BCUT2D eigenvalue weighted by Gasteiger charge is -1.94. The van der Waals surface area contributed by atoms with E-state index in [1.165, 1.54) is 0 Å². The quantitative estimate of drug-likeness (QED) is 0.601. The number of hydrogen-bond acceptors (Lipinski definition) is 2. The Kier molecular flexibility index (Phi) is 5.47. The normalized spacial score (nSPS) is 11.1. The fraction of sp³-hybridized carbons (Fsp3) is 0.222. The summed E-state index contributed by atoms with van der Waals surface area (Å²) in [7, 11) is 0. The molecule has 0 aromatic heterocycles. The van der Waals surface area contributed by atoms with E-state index in [9.17, 15) is 4.79 Å². The highest BCUT2D eigenvalue weighted by Gasteiger charge is 2.21. The van der Waals surface area contributed by atoms with Crippen LogP contribution in [0.2, 0.25) is 0 Å². The molecule has 3 heteroatoms. The summed E-state index contributed by atoms with van der Waals surface area (Å²) < 4.78 is 0. The smallest absolute Gasteiger partial charge is 0.517 e. The molecule has 0 aliphatic rings. The van der Waals surface area contributed by atoms with Crippen molar-refractivity contribution in [3.8, 4) is 0 Å². The van der Waals surface area contributed by atoms with Crippen LogP contribution in [0.4, 0.5) is 0 Å². The summed E-state index contributed by atoms with van der Waals surface area (Å²) in [6.45, 7) is -0.173. The van der Waals surface area contributed by atoms with Gasteiger partial charge in [0.05, 0.1) is 0 Å². The molecule has 1 rings (SSSR count). The molecule has 1 unspecified atom stereocenters. The maximum Gasteiger partial charge on any atom is 0.517 e. The van der Waals surface area contributed by atoms with Crippen LogP contribution in [0.1, 0.15) is 11.5 Å². The van der Waals surface area contributed by atoms with Crippen molar-refractivity contribution in [3.05, 3.63) is 35.9 Å². The van der Waals surface area contributed by atoms with Crippen molar-refractivity contribution in [2.24, 2.45) is 0 Å². The molecule has 0 aliphatic carbocycles. The van der Waals surface area contributed by atoms with Crippen molar-refractivity contribution in [1.82, 2.24) is 0 Å². The SMILES string of the molecule is O=[C+]C(CO)c1ccccc1.[Br-]. The highest BCUT2D eigenvalue weighted by molar-refractivity contribution is 5.62. The fourth-order valence-corrected chi connectivity index (χ4v) is 0.896. The molecular weight excluding hydrogens is 220 g/mol. The molecular formula is C9H9BrO2. The van der Waals surface area contributed by atoms with Crippen molar-refractivity contribution in [3.63, 3.8) is 0 Å². The van der Waals surface area contributed by atoms with E-state index in [2.05, 4.69) is 0 Å². The molecule has 0 amide bonds. The number of aliphatic hydroxyl groups excluding tert-OH is 1. The van der Waals surface area contributed by atoms with Gasteiger partial charge in [0.15, 0.2) is 0 Å². The van der Waals surface area contributed by atoms with Crippen molar-refractivity contribution < 1.29 is 26.9 Å². The molecule has 0 saturated heterocycles. The number of carbonyl (C=O) groups excluding carboxylic acids is 1. The van der Waals surface area contributed by atoms with Gasteiger partial charge in [0.25, 0.3) is 5.92 Å². The minimum Gasteiger partial charge on any atom is -1.00 e. The molecule has 0 radical (unpaired) electrons. The number of rotatable bonds is 3. The van der Waals surface area contributed by atoms with Crippen LogP contribution in [0.15, 0.2) is 30.3 Å². The van der Waals surface area contributed by atoms with Gasteiger partial charge < -0.3 is 22.1 Å². The molecule has 64 valence electrons. The Morgan fingerprint density at radius 2 is 1.92 bits per heavy atom. The van der Waals surface area contributed by atoms with E-state index in [0.717, 1.165) is 5.56 Å². The first-order chi connectivity index (χ1) is 5.38. The number of aliphatic hydroxyl groups is 1. The molecule has 12 heavy (non-hydrogen) atoms. The Morgan fingerprint density at radius 3 is 2.33 bits per heavy atom. The first-order valence-corrected chi connectivity index (χ1v) is 3.42. The minimum absolute atomic E-state index is 0. The van der Waals surface area contributed by atoms with Crippen molar-refractivity contribution in [2.45, 2.75) is 5.92 Å². The van der Waals surface area contributed by atoms with Crippen LogP contribution in [-0.2, 0) is 4.79 Å². The van der Waals surface area contributed by atoms with Gasteiger partial charge in [-0.3, -0.25) is 0 Å². The largest absolute Gasteiger partial charge is 1.00 e. The first kappa shape index (κ1) is 11.2. The zero-order valence-electron chi connectivity index (χ0n) is 6.40. The van der Waals surface area contributed by atoms with E-state index in [4.69, 9.17) is 5.11 Å². The summed E-state index contributed by atoms with van der Waals surface area (Å²) in [6, 6.07) is 9.12. The molecule has 1 N–H and O–H groups in total. The average Bonchev–Trinajstić information content (AvgIpc) is 2.09. The average molecular weight is 229 g/mol. The predicted octanol–water partition coefficient (Wildman–Crippen LogP) is -2.12. The summed E-state index contributed by atoms with van der Waals surface area (Å²) in [5.74, 6) is -0.490. The van der Waals surface area contributed by atoms with Crippen LogP contribution in [0.3, 0.4) is 0 Å². The molecule has 1 aromatic carbocycles. The summed E-state index contributed by atoms with van der Waals surface area (Å²) in [5, 5.41) is 8.72. The number of hydrogen-bond donors (Lipinski definition) is 1. The Labute approximate surface area is 82.0 Å². The van der Waals surface area contributed by atoms with Crippen molar-refractivity contribution in [2.75, 3.05) is 6.61 Å². The van der Waals surface area contributed by atoms with Gasteiger partial charge in [-0.15, -0.1) is 0 Å². The van der Waals surface area contributed by atoms with E-state index in [-0.39, 0.29) is 23.6 Å². The van der Waals surface area contributed by atoms with Crippen molar-refractivity contribution in [1.29, 1.82) is 0 Å². The Bertz CT molecular complexity index is 223. The third kappa shape index (κ3) is 2.70. The second kappa shape index (κ2) is 5.84. The van der Waals surface area contributed by atoms with Gasteiger partial charge in [0, 0.05) is 10.4 Å². The van der Waals surface area contributed by atoms with Gasteiger partial charge >= 0.3 is 6.29 Å². The molecule has 1 atom stereocenters. The number of halogens is 1. The first-order valence-electron chi connectivity index (χ1n) is 3.42. The topological polar surface area (TPSA) is 37.3 Å². The molecule has 0 heterocycles. The molecule has 0 saturated carbocycles. The van der Waals surface area contributed by atoms with E-state index in [0.29, 0.717) is 0 Å². The molecule has 1 aromatic rings. The third-order valence-corrected chi connectivity index (χ3v) is 1.53. The van der Waals surface area contributed by atoms with Crippen LogP contribution >= 0.6 is 0 Å². The molecule has 0 bridgehead atoms. The maximum absolute atomic E-state index is 10.3. The Morgan fingerprint density at radius 1 is 1.33 bits per heavy atom. The van der Waals surface area contributed by atoms with Gasteiger partial charge in [-0.05, 0) is 0 Å². The number of benzene rings is 1. The van der Waals surface area contributed by atoms with Crippen LogP contribution < -0.4 is 17.0 Å². The maximum atomic E-state index is 10.3. The monoisotopic (exact) mass is 228 g/mol. The Balaban J connectivity index is 0.00000121. The van der Waals surface area contributed by atoms with Gasteiger partial charge in [-0.25, -0.2) is 0 Å². The van der Waals surface area contributed by atoms with Crippen LogP contribution in [0, 0.1) is 0 Å². The van der Waals surface area contributed by atoms with Crippen molar-refractivity contribution >= 4 is 6.29 Å². The van der Waals surface area contributed by atoms with Crippen LogP contribution in [0.25, 0.3) is 0 Å². The van der Waals surface area contributed by atoms with Gasteiger partial charge in [-0.1, -0.05) is 30.3 Å². The van der Waals surface area contributed by atoms with Gasteiger partial charge in [-0.2, -0.15) is 0 Å². The summed E-state index contributed by atoms with van der Waals surface area (Å²) in [6.07, 6.45) is 1.77. The summed E-state index contributed by atoms with van der Waals surface area (Å²) >= 11 is 0. The predicted molar refractivity (Wildman–Crippen MR) is 42.0 cm³/mol. The highest BCUT2D eigenvalue weighted by atomic mass is 79.9. The van der Waals surface area contributed by atoms with E-state index >= 15 is 0 Å². The van der Waals surface area contributed by atoms with E-state index < -0.39 is 5.92 Å². The lowest BCUT2D eigenvalue weighted by Crippen LogP contribution is -3.00. The molecule has 0 spiro atoms. The zero-order chi connectivity index (χ0) is 8.10. The van der Waals surface area contributed by atoms with E-state index in [1.807, 2.05) is 18.2 Å². The lowest BCUT2D eigenvalue weighted by molar-refractivity contribution is -0.00000455. The molecule has 0 fully saturated rings. The van der Waals surface area contributed by atoms with Crippen LogP contribution in [-0.4, -0.2) is 18.0 Å². The van der Waals surface area contributed by atoms with Crippen LogP contribution in [0.5, 0.6) is 0 Å². The molecule has 2 nitrogen and oxygen atoms in total. The Hall–Kier alpha value is -0.760. The zero-order valence-corrected chi connectivity index (χ0v) is 7.99. The summed E-state index contributed by atoms with van der Waals surface area (Å²) in [4.78, 5) is 10.3.